The van der Waals surface area contributed by atoms with Crippen LogP contribution in [0.25, 0.3) is 0 Å². The van der Waals surface area contributed by atoms with E-state index in [2.05, 4.69) is 0 Å². The van der Waals surface area contributed by atoms with Gasteiger partial charge in [0, 0.05) is 7.11 Å². The molecule has 0 amide bonds. The molecule has 6 N–H and O–H groups in total. The van der Waals surface area contributed by atoms with Gasteiger partial charge in [-0.25, -0.2) is 0 Å². The monoisotopic (exact) mass is 354 g/mol. The minimum absolute atomic E-state index is 0.491. The molecule has 10 nitrogen and oxygen atoms in total. The standard InChI is InChI=1S/C14H26O10/c1-5-8(17)9(18)13(7(4-16)22-5)24-14-11(20)10(19)12(21-2)6(3-15)23-14/h5-20H,3-4H2,1-2H3. The van der Waals surface area contributed by atoms with Gasteiger partial charge in [-0.1, -0.05) is 0 Å². The largest absolute Gasteiger partial charge is 0.394 e. The zero-order chi connectivity index (χ0) is 18.0. The third-order valence-corrected chi connectivity index (χ3v) is 4.49. The lowest BCUT2D eigenvalue weighted by molar-refractivity contribution is -0.343. The van der Waals surface area contributed by atoms with Gasteiger partial charge in [-0.2, -0.15) is 0 Å². The summed E-state index contributed by atoms with van der Waals surface area (Å²) >= 11 is 0. The van der Waals surface area contributed by atoms with Crippen LogP contribution in [0.1, 0.15) is 6.92 Å². The van der Waals surface area contributed by atoms with Crippen molar-refractivity contribution in [3.05, 3.63) is 0 Å². The van der Waals surface area contributed by atoms with Gasteiger partial charge in [-0.15, -0.1) is 0 Å². The van der Waals surface area contributed by atoms with Crippen LogP contribution in [0.5, 0.6) is 0 Å². The van der Waals surface area contributed by atoms with E-state index in [1.54, 1.807) is 0 Å². The second kappa shape index (κ2) is 8.32. The summed E-state index contributed by atoms with van der Waals surface area (Å²) in [4.78, 5) is 0. The highest BCUT2D eigenvalue weighted by Crippen LogP contribution is 2.29. The van der Waals surface area contributed by atoms with E-state index in [1.165, 1.54) is 14.0 Å². The second-order valence-corrected chi connectivity index (χ2v) is 6.05. The molecule has 10 heteroatoms. The predicted octanol–water partition coefficient (Wildman–Crippen LogP) is -3.67. The zero-order valence-electron chi connectivity index (χ0n) is 13.5. The molecule has 10 unspecified atom stereocenters. The molecule has 142 valence electrons. The van der Waals surface area contributed by atoms with Gasteiger partial charge >= 0.3 is 0 Å². The molecular weight excluding hydrogens is 328 g/mol. The molecule has 24 heavy (non-hydrogen) atoms. The van der Waals surface area contributed by atoms with E-state index >= 15 is 0 Å². The first-order chi connectivity index (χ1) is 11.3. The van der Waals surface area contributed by atoms with Crippen molar-refractivity contribution in [2.45, 2.75) is 68.1 Å². The number of methoxy groups -OCH3 is 1. The highest BCUT2D eigenvalue weighted by molar-refractivity contribution is 4.95. The lowest BCUT2D eigenvalue weighted by atomic mass is 9.95. The number of rotatable bonds is 5. The lowest BCUT2D eigenvalue weighted by Crippen LogP contribution is -2.64. The molecule has 0 aromatic carbocycles. The average molecular weight is 354 g/mol. The topological polar surface area (TPSA) is 158 Å². The van der Waals surface area contributed by atoms with E-state index in [0.717, 1.165) is 0 Å². The number of ether oxygens (including phenoxy) is 4. The minimum Gasteiger partial charge on any atom is -0.394 e. The number of hydrogen-bond donors (Lipinski definition) is 6. The van der Waals surface area contributed by atoms with E-state index in [1.807, 2.05) is 0 Å². The molecule has 10 atom stereocenters. The van der Waals surface area contributed by atoms with Crippen LogP contribution >= 0.6 is 0 Å². The lowest BCUT2D eigenvalue weighted by Gasteiger charge is -2.46. The number of aliphatic hydroxyl groups excluding tert-OH is 6. The Morgan fingerprint density at radius 1 is 0.792 bits per heavy atom. The Morgan fingerprint density at radius 2 is 1.33 bits per heavy atom. The van der Waals surface area contributed by atoms with Crippen LogP contribution in [0.15, 0.2) is 0 Å². The van der Waals surface area contributed by atoms with Crippen LogP contribution in [0.4, 0.5) is 0 Å². The highest BCUT2D eigenvalue weighted by Gasteiger charge is 2.50. The van der Waals surface area contributed by atoms with Crippen LogP contribution in [-0.2, 0) is 18.9 Å². The smallest absolute Gasteiger partial charge is 0.187 e. The summed E-state index contributed by atoms with van der Waals surface area (Å²) in [7, 11) is 1.30. The third-order valence-electron chi connectivity index (χ3n) is 4.49. The summed E-state index contributed by atoms with van der Waals surface area (Å²) in [6.45, 7) is 0.552. The fourth-order valence-electron chi connectivity index (χ4n) is 3.05. The van der Waals surface area contributed by atoms with Crippen molar-refractivity contribution in [3.63, 3.8) is 0 Å². The van der Waals surface area contributed by atoms with Crippen LogP contribution < -0.4 is 0 Å². The van der Waals surface area contributed by atoms with Gasteiger partial charge in [0.25, 0.3) is 0 Å². The van der Waals surface area contributed by atoms with Crippen molar-refractivity contribution < 1.29 is 49.6 Å². The average Bonchev–Trinajstić information content (AvgIpc) is 2.58. The van der Waals surface area contributed by atoms with Gasteiger partial charge in [0.1, 0.15) is 48.8 Å². The Morgan fingerprint density at radius 3 is 1.88 bits per heavy atom. The molecular formula is C14H26O10. The summed E-state index contributed by atoms with van der Waals surface area (Å²) < 4.78 is 21.2. The van der Waals surface area contributed by atoms with E-state index < -0.39 is 74.4 Å². The molecule has 2 fully saturated rings. The Labute approximate surface area is 139 Å². The van der Waals surface area contributed by atoms with Crippen LogP contribution in [0.2, 0.25) is 0 Å². The fourth-order valence-corrected chi connectivity index (χ4v) is 3.05. The fraction of sp³-hybridized carbons (Fsp3) is 1.00. The summed E-state index contributed by atoms with van der Waals surface area (Å²) in [6, 6.07) is 0. The molecule has 0 aromatic rings. The van der Waals surface area contributed by atoms with Crippen LogP contribution in [0, 0.1) is 0 Å². The summed E-state index contributed by atoms with van der Waals surface area (Å²) in [5, 5.41) is 59.0. The van der Waals surface area contributed by atoms with Gasteiger partial charge in [0.05, 0.1) is 19.3 Å². The maximum atomic E-state index is 10.2. The Balaban J connectivity index is 2.12. The first-order valence-electron chi connectivity index (χ1n) is 7.78. The Hall–Kier alpha value is -0.400. The summed E-state index contributed by atoms with van der Waals surface area (Å²) in [5.41, 5.74) is 0. The molecule has 0 radical (unpaired) electrons. The number of aliphatic hydroxyl groups is 6. The van der Waals surface area contributed by atoms with Gasteiger partial charge in [0.15, 0.2) is 6.29 Å². The third kappa shape index (κ3) is 3.73. The van der Waals surface area contributed by atoms with Gasteiger partial charge in [-0.3, -0.25) is 0 Å². The Bertz CT molecular complexity index is 392. The normalized spacial score (nSPS) is 50.0. The van der Waals surface area contributed by atoms with Crippen molar-refractivity contribution in [3.8, 4) is 0 Å². The molecule has 2 rings (SSSR count). The van der Waals surface area contributed by atoms with Crippen LogP contribution in [-0.4, -0.2) is 112 Å². The molecule has 0 saturated carbocycles. The molecule has 0 aliphatic carbocycles. The molecule has 2 saturated heterocycles. The molecule has 2 aliphatic heterocycles. The van der Waals surface area contributed by atoms with E-state index in [9.17, 15) is 30.6 Å². The van der Waals surface area contributed by atoms with Crippen molar-refractivity contribution in [2.24, 2.45) is 0 Å². The first-order valence-corrected chi connectivity index (χ1v) is 7.78. The molecule has 2 heterocycles. The van der Waals surface area contributed by atoms with Crippen molar-refractivity contribution in [1.29, 1.82) is 0 Å². The number of hydrogen-bond acceptors (Lipinski definition) is 10. The van der Waals surface area contributed by atoms with Gasteiger partial charge in [-0.05, 0) is 6.92 Å². The minimum atomic E-state index is -1.53. The first kappa shape index (κ1) is 19.9. The maximum absolute atomic E-state index is 10.2. The SMILES string of the molecule is COC1C(CO)OC(OC2C(CO)OC(C)C(O)C2O)C(O)C1O. The van der Waals surface area contributed by atoms with E-state index in [4.69, 9.17) is 18.9 Å². The Kier molecular flexibility index (Phi) is 6.90. The molecule has 0 spiro atoms. The van der Waals surface area contributed by atoms with Gasteiger partial charge < -0.3 is 49.6 Å². The quantitative estimate of drug-likeness (QED) is 0.290. The zero-order valence-corrected chi connectivity index (χ0v) is 13.5. The van der Waals surface area contributed by atoms with Gasteiger partial charge in [0.2, 0.25) is 0 Å². The molecule has 0 bridgehead atoms. The van der Waals surface area contributed by atoms with Crippen molar-refractivity contribution >= 4 is 0 Å². The molecule has 2 aliphatic rings. The van der Waals surface area contributed by atoms with Crippen molar-refractivity contribution in [1.82, 2.24) is 0 Å². The predicted molar refractivity (Wildman–Crippen MR) is 76.9 cm³/mol. The van der Waals surface area contributed by atoms with Crippen LogP contribution in [0.3, 0.4) is 0 Å². The maximum Gasteiger partial charge on any atom is 0.187 e. The molecule has 0 aromatic heterocycles. The highest BCUT2D eigenvalue weighted by atomic mass is 16.7. The van der Waals surface area contributed by atoms with Crippen molar-refractivity contribution in [2.75, 3.05) is 20.3 Å². The van der Waals surface area contributed by atoms with E-state index in [0.29, 0.717) is 0 Å². The summed E-state index contributed by atoms with van der Waals surface area (Å²) in [6.07, 6.45) is -11.8. The second-order valence-electron chi connectivity index (χ2n) is 6.05. The van der Waals surface area contributed by atoms with E-state index in [-0.39, 0.29) is 0 Å². The summed E-state index contributed by atoms with van der Waals surface area (Å²) in [5.74, 6) is 0.